The first kappa shape index (κ1) is 22.8. The van der Waals surface area contributed by atoms with E-state index in [0.29, 0.717) is 24.5 Å². The summed E-state index contributed by atoms with van der Waals surface area (Å²) >= 11 is 8.00. The van der Waals surface area contributed by atoms with Gasteiger partial charge in [0, 0.05) is 35.1 Å². The summed E-state index contributed by atoms with van der Waals surface area (Å²) in [5.41, 5.74) is 4.15. The van der Waals surface area contributed by atoms with Crippen molar-refractivity contribution in [2.24, 2.45) is 0 Å². The van der Waals surface area contributed by atoms with Crippen LogP contribution in [-0.4, -0.2) is 36.1 Å². The minimum absolute atomic E-state index is 0.0593. The molecule has 1 aliphatic rings. The van der Waals surface area contributed by atoms with Crippen molar-refractivity contribution in [1.29, 1.82) is 0 Å². The number of fused-ring (bicyclic) bond motifs is 2. The van der Waals surface area contributed by atoms with Crippen molar-refractivity contribution in [2.75, 3.05) is 20.8 Å². The monoisotopic (exact) mass is 494 g/mol. The van der Waals surface area contributed by atoms with Crippen LogP contribution in [0.3, 0.4) is 0 Å². The topological polar surface area (TPSA) is 43.7 Å². The molecular weight excluding hydrogens is 468 g/mol. The average molecular weight is 495 g/mol. The van der Waals surface area contributed by atoms with E-state index in [1.807, 2.05) is 53.6 Å². The van der Waals surface area contributed by atoms with Crippen molar-refractivity contribution in [3.8, 4) is 11.5 Å². The zero-order valence-electron chi connectivity index (χ0n) is 19.5. The Morgan fingerprint density at radius 3 is 2.68 bits per heavy atom. The first-order valence-corrected chi connectivity index (χ1v) is 12.6. The highest BCUT2D eigenvalue weighted by Gasteiger charge is 2.34. The van der Waals surface area contributed by atoms with Crippen molar-refractivity contribution < 1.29 is 14.3 Å². The van der Waals surface area contributed by atoms with Gasteiger partial charge in [0.25, 0.3) is 5.91 Å². The van der Waals surface area contributed by atoms with Crippen molar-refractivity contribution in [3.63, 3.8) is 0 Å². The summed E-state index contributed by atoms with van der Waals surface area (Å²) in [5, 5.41) is 0.995. The highest BCUT2D eigenvalue weighted by atomic mass is 35.5. The normalized spacial score (nSPS) is 15.4. The van der Waals surface area contributed by atoms with Gasteiger partial charge in [-0.2, -0.15) is 0 Å². The molecule has 1 aliphatic heterocycles. The van der Waals surface area contributed by atoms with Gasteiger partial charge in [0.2, 0.25) is 0 Å². The number of ether oxygens (including phenoxy) is 2. The molecule has 2 aromatic carbocycles. The molecule has 0 fully saturated rings. The Morgan fingerprint density at radius 2 is 1.91 bits per heavy atom. The molecule has 1 atom stereocenters. The number of amides is 1. The molecule has 3 heterocycles. The predicted octanol–water partition coefficient (Wildman–Crippen LogP) is 6.38. The SMILES string of the molecule is CCn1cc(C(=O)N2CCc3cc(Cl)sc3C2Cc2ccc(OC)c(OC)c2)c2ccccc21. The summed E-state index contributed by atoms with van der Waals surface area (Å²) in [4.78, 5) is 17.2. The minimum Gasteiger partial charge on any atom is -0.493 e. The van der Waals surface area contributed by atoms with Gasteiger partial charge in [0.1, 0.15) is 0 Å². The summed E-state index contributed by atoms with van der Waals surface area (Å²) in [6.45, 7) is 3.57. The molecule has 7 heteroatoms. The Hall–Kier alpha value is -2.96. The summed E-state index contributed by atoms with van der Waals surface area (Å²) in [6.07, 6.45) is 3.47. The number of methoxy groups -OCH3 is 2. The van der Waals surface area contributed by atoms with Crippen LogP contribution in [0.2, 0.25) is 4.34 Å². The fourth-order valence-corrected chi connectivity index (χ4v) is 6.37. The minimum atomic E-state index is -0.101. The Morgan fingerprint density at radius 1 is 1.12 bits per heavy atom. The standard InChI is InChI=1S/C27H27ClN2O3S/c1-4-29-16-20(19-7-5-6-8-21(19)29)27(31)30-12-11-18-15-25(28)34-26(18)22(30)13-17-9-10-23(32-2)24(14-17)33-3/h5-10,14-16,22H,4,11-13H2,1-3H3. The number of thiophene rings is 1. The Balaban J connectivity index is 1.56. The summed E-state index contributed by atoms with van der Waals surface area (Å²) in [5.74, 6) is 1.43. The number of aryl methyl sites for hydroxylation is 1. The maximum Gasteiger partial charge on any atom is 0.256 e. The number of aromatic nitrogens is 1. The molecule has 0 radical (unpaired) electrons. The van der Waals surface area contributed by atoms with E-state index in [1.54, 1.807) is 25.6 Å². The number of halogens is 1. The number of nitrogens with zero attached hydrogens (tertiary/aromatic N) is 2. The third-order valence-electron chi connectivity index (χ3n) is 6.61. The molecule has 34 heavy (non-hydrogen) atoms. The van der Waals surface area contributed by atoms with Crippen LogP contribution in [0.4, 0.5) is 0 Å². The molecule has 4 aromatic rings. The van der Waals surface area contributed by atoms with Gasteiger partial charge in [0.05, 0.1) is 30.2 Å². The van der Waals surface area contributed by atoms with E-state index in [1.165, 1.54) is 10.4 Å². The van der Waals surface area contributed by atoms with E-state index in [9.17, 15) is 4.79 Å². The molecule has 1 unspecified atom stereocenters. The molecule has 0 N–H and O–H groups in total. The van der Waals surface area contributed by atoms with Crippen molar-refractivity contribution >= 4 is 39.7 Å². The first-order chi connectivity index (χ1) is 16.5. The van der Waals surface area contributed by atoms with Gasteiger partial charge in [-0.15, -0.1) is 11.3 Å². The van der Waals surface area contributed by atoms with Gasteiger partial charge >= 0.3 is 0 Å². The third kappa shape index (κ3) is 3.95. The maximum atomic E-state index is 14.0. The second kappa shape index (κ2) is 9.35. The van der Waals surface area contributed by atoms with Crippen LogP contribution in [0.1, 0.15) is 39.3 Å². The predicted molar refractivity (Wildman–Crippen MR) is 138 cm³/mol. The van der Waals surface area contributed by atoms with Crippen LogP contribution in [0.15, 0.2) is 54.7 Å². The van der Waals surface area contributed by atoms with Crippen molar-refractivity contribution in [2.45, 2.75) is 32.4 Å². The molecule has 0 saturated carbocycles. The van der Waals surface area contributed by atoms with Crippen molar-refractivity contribution in [3.05, 3.63) is 80.6 Å². The van der Waals surface area contributed by atoms with Crippen LogP contribution >= 0.6 is 22.9 Å². The lowest BCUT2D eigenvalue weighted by Crippen LogP contribution is -2.40. The van der Waals surface area contributed by atoms with Gasteiger partial charge in [-0.3, -0.25) is 4.79 Å². The molecule has 5 rings (SSSR count). The van der Waals surface area contributed by atoms with Crippen LogP contribution in [-0.2, 0) is 19.4 Å². The fraction of sp³-hybridized carbons (Fsp3) is 0.296. The quantitative estimate of drug-likeness (QED) is 0.312. The Labute approximate surface area is 208 Å². The zero-order chi connectivity index (χ0) is 23.8. The highest BCUT2D eigenvalue weighted by molar-refractivity contribution is 7.16. The van der Waals surface area contributed by atoms with Gasteiger partial charge in [-0.1, -0.05) is 35.9 Å². The van der Waals surface area contributed by atoms with E-state index in [4.69, 9.17) is 21.1 Å². The largest absolute Gasteiger partial charge is 0.493 e. The average Bonchev–Trinajstić information content (AvgIpc) is 3.43. The maximum absolute atomic E-state index is 14.0. The zero-order valence-corrected chi connectivity index (χ0v) is 21.1. The molecular formula is C27H27ClN2O3S. The van der Waals surface area contributed by atoms with E-state index in [-0.39, 0.29) is 11.9 Å². The number of benzene rings is 2. The number of hydrogen-bond donors (Lipinski definition) is 0. The van der Waals surface area contributed by atoms with E-state index in [2.05, 4.69) is 17.6 Å². The molecule has 0 aliphatic carbocycles. The van der Waals surface area contributed by atoms with E-state index < -0.39 is 0 Å². The van der Waals surface area contributed by atoms with Crippen LogP contribution < -0.4 is 9.47 Å². The van der Waals surface area contributed by atoms with E-state index in [0.717, 1.165) is 39.3 Å². The Bertz CT molecular complexity index is 1360. The van der Waals surface area contributed by atoms with Gasteiger partial charge in [-0.25, -0.2) is 0 Å². The molecule has 5 nitrogen and oxygen atoms in total. The number of rotatable bonds is 6. The second-order valence-corrected chi connectivity index (χ2v) is 10.2. The van der Waals surface area contributed by atoms with Gasteiger partial charge < -0.3 is 18.9 Å². The second-order valence-electron chi connectivity index (χ2n) is 8.44. The number of para-hydroxylation sites is 1. The molecule has 0 spiro atoms. The number of carbonyl (C=O) groups excluding carboxylic acids is 1. The number of carbonyl (C=O) groups is 1. The van der Waals surface area contributed by atoms with Gasteiger partial charge in [-0.05, 0) is 55.2 Å². The van der Waals surface area contributed by atoms with Crippen LogP contribution in [0.25, 0.3) is 10.9 Å². The third-order valence-corrected chi connectivity index (χ3v) is 8.02. The van der Waals surface area contributed by atoms with Crippen LogP contribution in [0, 0.1) is 0 Å². The van der Waals surface area contributed by atoms with Crippen molar-refractivity contribution in [1.82, 2.24) is 9.47 Å². The smallest absolute Gasteiger partial charge is 0.256 e. The molecule has 2 aromatic heterocycles. The molecule has 0 bridgehead atoms. The number of hydrogen-bond acceptors (Lipinski definition) is 4. The molecule has 176 valence electrons. The lowest BCUT2D eigenvalue weighted by molar-refractivity contribution is 0.0666. The Kier molecular flexibility index (Phi) is 6.28. The van der Waals surface area contributed by atoms with Crippen LogP contribution in [0.5, 0.6) is 11.5 Å². The van der Waals surface area contributed by atoms with E-state index >= 15 is 0 Å². The molecule has 1 amide bonds. The summed E-state index contributed by atoms with van der Waals surface area (Å²) in [7, 11) is 3.27. The first-order valence-electron chi connectivity index (χ1n) is 11.4. The lowest BCUT2D eigenvalue weighted by atomic mass is 9.94. The molecule has 0 saturated heterocycles. The summed E-state index contributed by atoms with van der Waals surface area (Å²) in [6, 6.07) is 16.0. The summed E-state index contributed by atoms with van der Waals surface area (Å²) < 4.78 is 13.8. The van der Waals surface area contributed by atoms with Gasteiger partial charge in [0.15, 0.2) is 11.5 Å². The fourth-order valence-electron chi connectivity index (χ4n) is 4.93. The lowest BCUT2D eigenvalue weighted by Gasteiger charge is -2.36. The highest BCUT2D eigenvalue weighted by Crippen LogP contribution is 2.42.